The Kier molecular flexibility index (Phi) is 3.11. The molecule has 0 atom stereocenters. The normalized spacial score (nSPS) is 10.9. The average molecular weight is 264 g/mol. The predicted octanol–water partition coefficient (Wildman–Crippen LogP) is 3.54. The van der Waals surface area contributed by atoms with Crippen LogP contribution in [0.3, 0.4) is 0 Å². The maximum atomic E-state index is 12.5. The molecule has 0 bridgehead atoms. The molecule has 0 spiro atoms. The molecule has 0 N–H and O–H groups in total. The highest BCUT2D eigenvalue weighted by molar-refractivity contribution is 6.03. The van der Waals surface area contributed by atoms with Crippen molar-refractivity contribution in [3.8, 4) is 0 Å². The summed E-state index contributed by atoms with van der Waals surface area (Å²) >= 11 is 0. The first kappa shape index (κ1) is 12.6. The fourth-order valence-electron chi connectivity index (χ4n) is 2.62. The number of fused-ring (bicyclic) bond motifs is 1. The van der Waals surface area contributed by atoms with Crippen LogP contribution in [0.2, 0.25) is 0 Å². The Bertz CT molecular complexity index is 773. The van der Waals surface area contributed by atoms with Gasteiger partial charge in [-0.25, -0.2) is 4.98 Å². The minimum Gasteiger partial charge on any atom is -0.330 e. The van der Waals surface area contributed by atoms with Gasteiger partial charge in [0, 0.05) is 18.0 Å². The zero-order valence-corrected chi connectivity index (χ0v) is 11.6. The molecule has 0 saturated carbocycles. The molecule has 1 aromatic heterocycles. The Labute approximate surface area is 117 Å². The van der Waals surface area contributed by atoms with Crippen LogP contribution in [0, 0.1) is 13.8 Å². The fourth-order valence-corrected chi connectivity index (χ4v) is 2.62. The van der Waals surface area contributed by atoms with Crippen molar-refractivity contribution in [1.29, 1.82) is 0 Å². The van der Waals surface area contributed by atoms with Crippen molar-refractivity contribution in [2.24, 2.45) is 0 Å². The van der Waals surface area contributed by atoms with Crippen molar-refractivity contribution in [1.82, 2.24) is 9.55 Å². The number of hydrogen-bond acceptors (Lipinski definition) is 2. The lowest BCUT2D eigenvalue weighted by atomic mass is 9.94. The molecule has 0 radical (unpaired) electrons. The molecular formula is C17H16N2O. The van der Waals surface area contributed by atoms with Gasteiger partial charge < -0.3 is 4.57 Å². The van der Waals surface area contributed by atoms with Crippen molar-refractivity contribution < 1.29 is 4.79 Å². The smallest absolute Gasteiger partial charge is 0.182 e. The van der Waals surface area contributed by atoms with E-state index in [0.717, 1.165) is 22.1 Å². The molecule has 0 amide bonds. The Morgan fingerprint density at radius 1 is 1.20 bits per heavy atom. The summed E-state index contributed by atoms with van der Waals surface area (Å²) in [6.07, 6.45) is 5.16. The standard InChI is InChI=1S/C17H16N2O/c1-12-9-16(17(20)10-19-8-7-18-11-19)13(2)15-6-4-3-5-14(12)15/h3-9,11H,10H2,1-2H3. The van der Waals surface area contributed by atoms with Gasteiger partial charge in [-0.15, -0.1) is 0 Å². The van der Waals surface area contributed by atoms with E-state index >= 15 is 0 Å². The number of aryl methyl sites for hydroxylation is 2. The molecule has 0 saturated heterocycles. The molecule has 0 unspecified atom stereocenters. The van der Waals surface area contributed by atoms with Gasteiger partial charge in [0.1, 0.15) is 0 Å². The van der Waals surface area contributed by atoms with E-state index in [1.54, 1.807) is 23.3 Å². The Balaban J connectivity index is 2.07. The van der Waals surface area contributed by atoms with Crippen molar-refractivity contribution in [3.63, 3.8) is 0 Å². The third-order valence-electron chi connectivity index (χ3n) is 3.71. The highest BCUT2D eigenvalue weighted by Gasteiger charge is 2.13. The average Bonchev–Trinajstić information content (AvgIpc) is 2.95. The van der Waals surface area contributed by atoms with Crippen LogP contribution in [0.4, 0.5) is 0 Å². The van der Waals surface area contributed by atoms with E-state index in [9.17, 15) is 4.79 Å². The van der Waals surface area contributed by atoms with Crippen LogP contribution in [0.1, 0.15) is 21.5 Å². The number of carbonyl (C=O) groups excluding carboxylic acids is 1. The first-order chi connectivity index (χ1) is 9.66. The number of Topliss-reactive ketones (excluding diaryl/α,β-unsaturated/α-hetero) is 1. The van der Waals surface area contributed by atoms with E-state index in [0.29, 0.717) is 6.54 Å². The molecule has 0 fully saturated rings. The van der Waals surface area contributed by atoms with Crippen LogP contribution in [0.5, 0.6) is 0 Å². The molecule has 100 valence electrons. The Morgan fingerprint density at radius 3 is 2.65 bits per heavy atom. The fraction of sp³-hybridized carbons (Fsp3) is 0.176. The number of aromatic nitrogens is 2. The van der Waals surface area contributed by atoms with Crippen molar-refractivity contribution >= 4 is 16.6 Å². The minimum atomic E-state index is 0.120. The predicted molar refractivity (Wildman–Crippen MR) is 80.0 cm³/mol. The molecule has 3 aromatic rings. The third-order valence-corrected chi connectivity index (χ3v) is 3.71. The lowest BCUT2D eigenvalue weighted by Crippen LogP contribution is -2.11. The summed E-state index contributed by atoms with van der Waals surface area (Å²) in [7, 11) is 0. The summed E-state index contributed by atoms with van der Waals surface area (Å²) in [5, 5.41) is 2.37. The molecule has 3 rings (SSSR count). The SMILES string of the molecule is Cc1cc(C(=O)Cn2ccnc2)c(C)c2ccccc12. The van der Waals surface area contributed by atoms with Gasteiger partial charge in [-0.3, -0.25) is 4.79 Å². The summed E-state index contributed by atoms with van der Waals surface area (Å²) in [5.41, 5.74) is 2.99. The van der Waals surface area contributed by atoms with E-state index in [2.05, 4.69) is 24.0 Å². The van der Waals surface area contributed by atoms with Crippen molar-refractivity contribution in [3.05, 3.63) is 65.7 Å². The second-order valence-electron chi connectivity index (χ2n) is 5.07. The number of imidazole rings is 1. The van der Waals surface area contributed by atoms with Crippen LogP contribution in [-0.4, -0.2) is 15.3 Å². The number of ketones is 1. The number of carbonyl (C=O) groups is 1. The van der Waals surface area contributed by atoms with E-state index in [-0.39, 0.29) is 5.78 Å². The monoisotopic (exact) mass is 264 g/mol. The second-order valence-corrected chi connectivity index (χ2v) is 5.07. The molecule has 2 aromatic carbocycles. The topological polar surface area (TPSA) is 34.9 Å². The molecule has 3 nitrogen and oxygen atoms in total. The van der Waals surface area contributed by atoms with Gasteiger partial charge in [0.25, 0.3) is 0 Å². The van der Waals surface area contributed by atoms with Gasteiger partial charge in [-0.2, -0.15) is 0 Å². The quantitative estimate of drug-likeness (QED) is 0.678. The second kappa shape index (κ2) is 4.93. The highest BCUT2D eigenvalue weighted by atomic mass is 16.1. The maximum absolute atomic E-state index is 12.5. The Hall–Kier alpha value is -2.42. The van der Waals surface area contributed by atoms with E-state index < -0.39 is 0 Å². The van der Waals surface area contributed by atoms with Crippen molar-refractivity contribution in [2.45, 2.75) is 20.4 Å². The Morgan fingerprint density at radius 2 is 1.95 bits per heavy atom. The van der Waals surface area contributed by atoms with Crippen LogP contribution >= 0.6 is 0 Å². The van der Waals surface area contributed by atoms with Gasteiger partial charge >= 0.3 is 0 Å². The molecule has 0 aliphatic rings. The van der Waals surface area contributed by atoms with Gasteiger partial charge in [0.2, 0.25) is 0 Å². The summed E-state index contributed by atoms with van der Waals surface area (Å²) in [6.45, 7) is 4.40. The first-order valence-corrected chi connectivity index (χ1v) is 6.64. The van der Waals surface area contributed by atoms with Crippen LogP contribution < -0.4 is 0 Å². The number of hydrogen-bond donors (Lipinski definition) is 0. The summed E-state index contributed by atoms with van der Waals surface area (Å²) in [5.74, 6) is 0.120. The van der Waals surface area contributed by atoms with Gasteiger partial charge in [-0.05, 0) is 41.8 Å². The summed E-state index contributed by atoms with van der Waals surface area (Å²) in [6, 6.07) is 10.2. The zero-order chi connectivity index (χ0) is 14.1. The third kappa shape index (κ3) is 2.11. The van der Waals surface area contributed by atoms with Crippen LogP contribution in [0.25, 0.3) is 10.8 Å². The van der Waals surface area contributed by atoms with E-state index in [4.69, 9.17) is 0 Å². The van der Waals surface area contributed by atoms with Gasteiger partial charge in [0.05, 0.1) is 12.9 Å². The van der Waals surface area contributed by atoms with Gasteiger partial charge in [0.15, 0.2) is 5.78 Å². The first-order valence-electron chi connectivity index (χ1n) is 6.64. The van der Waals surface area contributed by atoms with E-state index in [1.165, 1.54) is 5.39 Å². The maximum Gasteiger partial charge on any atom is 0.182 e. The summed E-state index contributed by atoms with van der Waals surface area (Å²) in [4.78, 5) is 16.4. The van der Waals surface area contributed by atoms with E-state index in [1.807, 2.05) is 25.1 Å². The molecule has 1 heterocycles. The largest absolute Gasteiger partial charge is 0.330 e. The number of nitrogens with zero attached hydrogens (tertiary/aromatic N) is 2. The van der Waals surface area contributed by atoms with Gasteiger partial charge in [-0.1, -0.05) is 24.3 Å². The van der Waals surface area contributed by atoms with Crippen molar-refractivity contribution in [2.75, 3.05) is 0 Å². The molecule has 20 heavy (non-hydrogen) atoms. The van der Waals surface area contributed by atoms with Crippen LogP contribution in [0.15, 0.2) is 49.1 Å². The minimum absolute atomic E-state index is 0.120. The zero-order valence-electron chi connectivity index (χ0n) is 11.6. The summed E-state index contributed by atoms with van der Waals surface area (Å²) < 4.78 is 1.80. The molecule has 0 aliphatic heterocycles. The van der Waals surface area contributed by atoms with Crippen LogP contribution in [-0.2, 0) is 6.54 Å². The molecular weight excluding hydrogens is 248 g/mol. The lowest BCUT2D eigenvalue weighted by molar-refractivity contribution is 0.0971. The molecule has 0 aliphatic carbocycles. The number of benzene rings is 2. The highest BCUT2D eigenvalue weighted by Crippen LogP contribution is 2.25. The lowest BCUT2D eigenvalue weighted by Gasteiger charge is -2.11. The molecule has 3 heteroatoms. The number of rotatable bonds is 3.